The van der Waals surface area contributed by atoms with Crippen LogP contribution in [0, 0.1) is 5.41 Å². The van der Waals surface area contributed by atoms with Gasteiger partial charge in [0.25, 0.3) is 0 Å². The maximum atomic E-state index is 8.76. The molecule has 30 heavy (non-hydrogen) atoms. The van der Waals surface area contributed by atoms with Crippen molar-refractivity contribution in [1.82, 2.24) is 0 Å². The molecule has 5 aromatic carbocycles. The third-order valence-corrected chi connectivity index (χ3v) is 6.14. The average molecular weight is 384 g/mol. The van der Waals surface area contributed by atoms with Crippen molar-refractivity contribution in [2.45, 2.75) is 6.04 Å². The van der Waals surface area contributed by atoms with Crippen LogP contribution >= 0.6 is 0 Å². The van der Waals surface area contributed by atoms with E-state index in [-0.39, 0.29) is 6.04 Å². The Bertz CT molecular complexity index is 1340. The Morgan fingerprint density at radius 3 is 1.60 bits per heavy atom. The quantitative estimate of drug-likeness (QED) is 0.318. The molecule has 2 N–H and O–H groups in total. The predicted molar refractivity (Wildman–Crippen MR) is 126 cm³/mol. The lowest BCUT2D eigenvalue weighted by Crippen LogP contribution is -2.24. The maximum absolute atomic E-state index is 8.76. The molecule has 0 atom stereocenters. The van der Waals surface area contributed by atoms with E-state index in [4.69, 9.17) is 5.41 Å². The van der Waals surface area contributed by atoms with Crippen molar-refractivity contribution >= 4 is 32.9 Å². The van der Waals surface area contributed by atoms with Crippen LogP contribution < -0.4 is 5.32 Å². The Hall–Kier alpha value is -3.91. The Kier molecular flexibility index (Phi) is 3.72. The summed E-state index contributed by atoms with van der Waals surface area (Å²) in [5.41, 5.74) is 6.04. The van der Waals surface area contributed by atoms with Crippen LogP contribution in [-0.2, 0) is 0 Å². The number of anilines is 1. The van der Waals surface area contributed by atoms with Crippen molar-refractivity contribution in [1.29, 1.82) is 5.41 Å². The fourth-order valence-electron chi connectivity index (χ4n) is 4.73. The minimum atomic E-state index is -0.0132. The van der Waals surface area contributed by atoms with Gasteiger partial charge in [-0.05, 0) is 28.0 Å². The second-order valence-electron chi connectivity index (χ2n) is 7.82. The molecule has 0 aromatic heterocycles. The van der Waals surface area contributed by atoms with E-state index in [1.807, 2.05) is 12.1 Å². The molecule has 0 aliphatic heterocycles. The number of benzene rings is 5. The molecule has 0 unspecified atom stereocenters. The summed E-state index contributed by atoms with van der Waals surface area (Å²) in [5, 5.41) is 17.5. The van der Waals surface area contributed by atoms with E-state index in [9.17, 15) is 0 Å². The van der Waals surface area contributed by atoms with E-state index >= 15 is 0 Å². The summed E-state index contributed by atoms with van der Waals surface area (Å²) in [4.78, 5) is 0. The van der Waals surface area contributed by atoms with Gasteiger partial charge in [0.2, 0.25) is 0 Å². The number of fused-ring (bicyclic) bond motifs is 4. The molecule has 2 nitrogen and oxygen atoms in total. The molecule has 0 saturated carbocycles. The summed E-state index contributed by atoms with van der Waals surface area (Å²) in [6.45, 7) is 0. The topological polar surface area (TPSA) is 35.9 Å². The highest BCUT2D eigenvalue weighted by molar-refractivity contribution is 6.15. The van der Waals surface area contributed by atoms with Crippen molar-refractivity contribution in [3.63, 3.8) is 0 Å². The Balaban J connectivity index is 1.63. The van der Waals surface area contributed by atoms with Gasteiger partial charge in [0.05, 0.1) is 17.4 Å². The molecule has 142 valence electrons. The molecule has 0 bridgehead atoms. The Labute approximate surface area is 175 Å². The maximum Gasteiger partial charge on any atom is 0.0781 e. The predicted octanol–water partition coefficient (Wildman–Crippen LogP) is 6.92. The lowest BCUT2D eigenvalue weighted by Gasteiger charge is -2.31. The van der Waals surface area contributed by atoms with Gasteiger partial charge in [-0.1, -0.05) is 97.1 Å². The van der Waals surface area contributed by atoms with Crippen molar-refractivity contribution in [3.05, 3.63) is 125 Å². The van der Waals surface area contributed by atoms with Crippen LogP contribution in [0.3, 0.4) is 0 Å². The smallest absolute Gasteiger partial charge is 0.0781 e. The first-order valence-electron chi connectivity index (χ1n) is 10.3. The van der Waals surface area contributed by atoms with Crippen LogP contribution in [0.15, 0.2) is 103 Å². The average Bonchev–Trinajstić information content (AvgIpc) is 2.81. The van der Waals surface area contributed by atoms with Gasteiger partial charge in [0.1, 0.15) is 0 Å². The lowest BCUT2D eigenvalue weighted by atomic mass is 9.81. The fourth-order valence-corrected chi connectivity index (χ4v) is 4.73. The molecule has 5 aromatic rings. The lowest BCUT2D eigenvalue weighted by molar-refractivity contribution is 0.923. The number of nitrogens with one attached hydrogen (secondary N) is 2. The summed E-state index contributed by atoms with van der Waals surface area (Å²) < 4.78 is 0. The zero-order valence-electron chi connectivity index (χ0n) is 16.4. The van der Waals surface area contributed by atoms with Crippen LogP contribution in [0.5, 0.6) is 0 Å². The summed E-state index contributed by atoms with van der Waals surface area (Å²) >= 11 is 0. The van der Waals surface area contributed by atoms with Gasteiger partial charge in [-0.25, -0.2) is 0 Å². The highest BCUT2D eigenvalue weighted by Gasteiger charge is 2.29. The number of hydrogen-bond donors (Lipinski definition) is 2. The molecular formula is C28H20N2. The summed E-state index contributed by atoms with van der Waals surface area (Å²) in [6, 6.07) is 35.9. The van der Waals surface area contributed by atoms with Crippen LogP contribution in [0.2, 0.25) is 0 Å². The molecule has 0 saturated heterocycles. The Morgan fingerprint density at radius 1 is 0.567 bits per heavy atom. The molecule has 1 aliphatic rings. The second-order valence-corrected chi connectivity index (χ2v) is 7.82. The molecule has 2 heteroatoms. The van der Waals surface area contributed by atoms with Crippen molar-refractivity contribution in [2.75, 3.05) is 5.32 Å². The largest absolute Gasteiger partial charge is 0.373 e. The van der Waals surface area contributed by atoms with Gasteiger partial charge in [-0.15, -0.1) is 0 Å². The normalized spacial score (nSPS) is 15.1. The summed E-state index contributed by atoms with van der Waals surface area (Å²) in [7, 11) is 0. The summed E-state index contributed by atoms with van der Waals surface area (Å²) in [5.74, 6) is 0. The Morgan fingerprint density at radius 2 is 1.03 bits per heavy atom. The van der Waals surface area contributed by atoms with Gasteiger partial charge in [-0.2, -0.15) is 0 Å². The van der Waals surface area contributed by atoms with Crippen LogP contribution in [-0.4, -0.2) is 5.71 Å². The highest BCUT2D eigenvalue weighted by Crippen LogP contribution is 2.41. The van der Waals surface area contributed by atoms with Crippen molar-refractivity contribution in [2.24, 2.45) is 0 Å². The minimum Gasteiger partial charge on any atom is -0.373 e. The van der Waals surface area contributed by atoms with E-state index in [1.165, 1.54) is 21.5 Å². The van der Waals surface area contributed by atoms with E-state index in [0.717, 1.165) is 27.9 Å². The number of hydrogen-bond acceptors (Lipinski definition) is 2. The molecule has 0 fully saturated rings. The SMILES string of the molecule is N=C1c2ccccc2C(Nc2c3ccccc3cc3ccccc23)c2ccccc21. The van der Waals surface area contributed by atoms with Gasteiger partial charge < -0.3 is 5.32 Å². The van der Waals surface area contributed by atoms with Crippen molar-refractivity contribution < 1.29 is 0 Å². The zero-order valence-corrected chi connectivity index (χ0v) is 16.4. The molecule has 0 spiro atoms. The third kappa shape index (κ3) is 2.47. The van der Waals surface area contributed by atoms with Gasteiger partial charge in [0, 0.05) is 21.9 Å². The van der Waals surface area contributed by atoms with Crippen LogP contribution in [0.25, 0.3) is 21.5 Å². The molecule has 0 amide bonds. The molecular weight excluding hydrogens is 364 g/mol. The first-order valence-corrected chi connectivity index (χ1v) is 10.3. The first-order chi connectivity index (χ1) is 14.8. The van der Waals surface area contributed by atoms with E-state index in [1.54, 1.807) is 0 Å². The molecule has 0 heterocycles. The highest BCUT2D eigenvalue weighted by atomic mass is 14.9. The molecule has 0 radical (unpaired) electrons. The van der Waals surface area contributed by atoms with E-state index in [0.29, 0.717) is 5.71 Å². The van der Waals surface area contributed by atoms with Crippen LogP contribution in [0.4, 0.5) is 5.69 Å². The van der Waals surface area contributed by atoms with E-state index < -0.39 is 0 Å². The molecule has 1 aliphatic carbocycles. The molecule has 6 rings (SSSR count). The minimum absolute atomic E-state index is 0.0132. The van der Waals surface area contributed by atoms with E-state index in [2.05, 4.69) is 96.3 Å². The fraction of sp³-hybridized carbons (Fsp3) is 0.0357. The second kappa shape index (κ2) is 6.57. The van der Waals surface area contributed by atoms with Crippen LogP contribution in [0.1, 0.15) is 28.3 Å². The zero-order chi connectivity index (χ0) is 20.1. The monoisotopic (exact) mass is 384 g/mol. The van der Waals surface area contributed by atoms with Gasteiger partial charge >= 0.3 is 0 Å². The van der Waals surface area contributed by atoms with Gasteiger partial charge in [0.15, 0.2) is 0 Å². The summed E-state index contributed by atoms with van der Waals surface area (Å²) in [6.07, 6.45) is 0. The standard InChI is InChI=1S/C28H20N2/c29-26-22-13-5-7-15-24(22)28(25-16-8-6-14-23(25)26)30-27-20-11-3-1-9-18(20)17-19-10-2-4-12-21(19)27/h1-17,28-30H. The number of rotatable bonds is 2. The first kappa shape index (κ1) is 17.0. The van der Waals surface area contributed by atoms with Crippen molar-refractivity contribution in [3.8, 4) is 0 Å². The van der Waals surface area contributed by atoms with Gasteiger partial charge in [-0.3, -0.25) is 5.41 Å². The third-order valence-electron chi connectivity index (χ3n) is 6.14.